The summed E-state index contributed by atoms with van der Waals surface area (Å²) in [6.07, 6.45) is 6.42. The molecule has 114 valence electrons. The lowest BCUT2D eigenvalue weighted by Crippen LogP contribution is -2.29. The van der Waals surface area contributed by atoms with E-state index in [4.69, 9.17) is 4.74 Å². The highest BCUT2D eigenvalue weighted by Crippen LogP contribution is 2.45. The lowest BCUT2D eigenvalue weighted by molar-refractivity contribution is -0.138. The van der Waals surface area contributed by atoms with Gasteiger partial charge in [0.25, 0.3) is 0 Å². The monoisotopic (exact) mass is 278 g/mol. The summed E-state index contributed by atoms with van der Waals surface area (Å²) in [5, 5.41) is 0. The molecule has 1 aliphatic rings. The molecule has 0 aliphatic heterocycles. The highest BCUT2D eigenvalue weighted by Gasteiger charge is 2.34. The minimum Gasteiger partial charge on any atom is -0.463 e. The minimum absolute atomic E-state index is 0.191. The van der Waals surface area contributed by atoms with Gasteiger partial charge in [0.15, 0.2) is 0 Å². The molecule has 0 aromatic heterocycles. The van der Waals surface area contributed by atoms with Crippen LogP contribution in [0.25, 0.3) is 0 Å². The molecule has 0 radical (unpaired) electrons. The second-order valence-electron chi connectivity index (χ2n) is 6.97. The van der Waals surface area contributed by atoms with Gasteiger partial charge in [0.2, 0.25) is 0 Å². The summed E-state index contributed by atoms with van der Waals surface area (Å²) in [6.45, 7) is 15.4. The van der Waals surface area contributed by atoms with Gasteiger partial charge in [-0.2, -0.15) is 0 Å². The van der Waals surface area contributed by atoms with Crippen molar-refractivity contribution in [1.29, 1.82) is 0 Å². The second kappa shape index (κ2) is 7.10. The van der Waals surface area contributed by atoms with Crippen LogP contribution in [0.5, 0.6) is 0 Å². The molecule has 1 aliphatic carbocycles. The largest absolute Gasteiger partial charge is 0.463 e. The molecule has 0 aromatic carbocycles. The molecule has 20 heavy (non-hydrogen) atoms. The Balaban J connectivity index is 2.51. The summed E-state index contributed by atoms with van der Waals surface area (Å²) in [5.41, 5.74) is 2.50. The molecule has 1 fully saturated rings. The molecule has 0 heterocycles. The summed E-state index contributed by atoms with van der Waals surface area (Å²) in [7, 11) is 0. The Morgan fingerprint density at radius 3 is 2.70 bits per heavy atom. The van der Waals surface area contributed by atoms with E-state index in [9.17, 15) is 4.79 Å². The van der Waals surface area contributed by atoms with Gasteiger partial charge in [-0.1, -0.05) is 39.0 Å². The number of hydrogen-bond donors (Lipinski definition) is 0. The van der Waals surface area contributed by atoms with E-state index in [0.29, 0.717) is 23.9 Å². The molecule has 0 unspecified atom stereocenters. The highest BCUT2D eigenvalue weighted by molar-refractivity contribution is 5.87. The van der Waals surface area contributed by atoms with Crippen molar-refractivity contribution in [3.8, 4) is 0 Å². The third-order valence-corrected chi connectivity index (χ3v) is 4.32. The van der Waals surface area contributed by atoms with Crippen molar-refractivity contribution in [3.05, 3.63) is 23.8 Å². The molecule has 0 aromatic rings. The van der Waals surface area contributed by atoms with Crippen LogP contribution in [-0.4, -0.2) is 12.6 Å². The third-order valence-electron chi connectivity index (χ3n) is 4.32. The van der Waals surface area contributed by atoms with Gasteiger partial charge < -0.3 is 4.74 Å². The van der Waals surface area contributed by atoms with Crippen molar-refractivity contribution in [2.75, 3.05) is 6.61 Å². The van der Waals surface area contributed by atoms with Gasteiger partial charge in [-0.3, -0.25) is 0 Å². The lowest BCUT2D eigenvalue weighted by atomic mass is 9.64. The number of carbonyl (C=O) groups is 1. The van der Waals surface area contributed by atoms with Crippen LogP contribution in [0.3, 0.4) is 0 Å². The topological polar surface area (TPSA) is 26.3 Å². The van der Waals surface area contributed by atoms with Crippen molar-refractivity contribution >= 4 is 5.97 Å². The average Bonchev–Trinajstić information content (AvgIpc) is 2.31. The van der Waals surface area contributed by atoms with Crippen LogP contribution in [-0.2, 0) is 9.53 Å². The molecule has 0 saturated heterocycles. The number of hydrogen-bond acceptors (Lipinski definition) is 2. The van der Waals surface area contributed by atoms with Gasteiger partial charge in [0.1, 0.15) is 0 Å². The molecule has 0 spiro atoms. The number of rotatable bonds is 5. The Hall–Kier alpha value is -1.05. The fourth-order valence-corrected chi connectivity index (χ4v) is 3.53. The molecule has 2 atom stereocenters. The highest BCUT2D eigenvalue weighted by atomic mass is 16.5. The van der Waals surface area contributed by atoms with Crippen LogP contribution < -0.4 is 0 Å². The first-order valence-electron chi connectivity index (χ1n) is 7.78. The molecule has 2 heteroatoms. The average molecular weight is 278 g/mol. The van der Waals surface area contributed by atoms with Gasteiger partial charge in [-0.15, -0.1) is 0 Å². The normalized spacial score (nSPS) is 26.4. The van der Waals surface area contributed by atoms with Crippen LogP contribution in [0.1, 0.15) is 60.3 Å². The first kappa shape index (κ1) is 17.0. The number of allylic oxidation sites excluding steroid dienone is 2. The summed E-state index contributed by atoms with van der Waals surface area (Å²) < 4.78 is 4.99. The Labute approximate surface area is 124 Å². The number of carbonyl (C=O) groups excluding carboxylic acids is 1. The smallest absolute Gasteiger partial charge is 0.333 e. The lowest BCUT2D eigenvalue weighted by Gasteiger charge is -2.41. The molecule has 0 N–H and O–H groups in total. The van der Waals surface area contributed by atoms with E-state index in [2.05, 4.69) is 27.4 Å². The standard InChI is InChI=1S/C18H30O2/c1-7-20-17(19)13(2)9-8-10-16-14(3)11-18(5,6)12-15(16)4/h9,15-16H,3,7-8,10-12H2,1-2,4-6H3/b13-9-/t15-,16+/m0/s1. The van der Waals surface area contributed by atoms with E-state index in [-0.39, 0.29) is 5.97 Å². The Kier molecular flexibility index (Phi) is 6.04. The van der Waals surface area contributed by atoms with Crippen molar-refractivity contribution < 1.29 is 9.53 Å². The van der Waals surface area contributed by atoms with Gasteiger partial charge in [0.05, 0.1) is 6.61 Å². The first-order valence-corrected chi connectivity index (χ1v) is 7.78. The van der Waals surface area contributed by atoms with Crippen molar-refractivity contribution in [2.45, 2.75) is 60.3 Å². The Morgan fingerprint density at radius 1 is 1.50 bits per heavy atom. The van der Waals surface area contributed by atoms with E-state index in [0.717, 1.165) is 24.8 Å². The van der Waals surface area contributed by atoms with Crippen LogP contribution >= 0.6 is 0 Å². The predicted molar refractivity (Wildman–Crippen MR) is 84.4 cm³/mol. The quantitative estimate of drug-likeness (QED) is 0.406. The third kappa shape index (κ3) is 4.81. The molecule has 1 rings (SSSR count). The van der Waals surface area contributed by atoms with E-state index < -0.39 is 0 Å². The molecule has 0 amide bonds. The molecular formula is C18H30O2. The summed E-state index contributed by atoms with van der Waals surface area (Å²) >= 11 is 0. The Morgan fingerprint density at radius 2 is 2.15 bits per heavy atom. The van der Waals surface area contributed by atoms with Crippen LogP contribution in [0, 0.1) is 17.3 Å². The van der Waals surface area contributed by atoms with Gasteiger partial charge >= 0.3 is 5.97 Å². The minimum atomic E-state index is -0.191. The molecular weight excluding hydrogens is 248 g/mol. The van der Waals surface area contributed by atoms with Gasteiger partial charge in [-0.25, -0.2) is 4.79 Å². The first-order chi connectivity index (χ1) is 9.26. The number of esters is 1. The summed E-state index contributed by atoms with van der Waals surface area (Å²) in [4.78, 5) is 11.5. The molecule has 1 saturated carbocycles. The Bertz CT molecular complexity index is 390. The van der Waals surface area contributed by atoms with Gasteiger partial charge in [-0.05, 0) is 56.8 Å². The van der Waals surface area contributed by atoms with Crippen molar-refractivity contribution in [1.82, 2.24) is 0 Å². The van der Waals surface area contributed by atoms with Crippen molar-refractivity contribution in [3.63, 3.8) is 0 Å². The SMILES string of the molecule is C=C1CC(C)(C)C[C@H](C)[C@@H]1CC/C=C(/C)C(=O)OCC. The number of ether oxygens (including phenoxy) is 1. The summed E-state index contributed by atoms with van der Waals surface area (Å²) in [5.74, 6) is 1.08. The van der Waals surface area contributed by atoms with Gasteiger partial charge in [0, 0.05) is 5.57 Å². The zero-order valence-electron chi connectivity index (χ0n) is 13.8. The van der Waals surface area contributed by atoms with E-state index in [1.54, 1.807) is 0 Å². The van der Waals surface area contributed by atoms with E-state index in [1.165, 1.54) is 12.0 Å². The maximum atomic E-state index is 11.5. The van der Waals surface area contributed by atoms with E-state index in [1.807, 2.05) is 19.9 Å². The predicted octanol–water partition coefficient (Wildman–Crippen LogP) is 4.90. The van der Waals surface area contributed by atoms with E-state index >= 15 is 0 Å². The van der Waals surface area contributed by atoms with Crippen molar-refractivity contribution in [2.24, 2.45) is 17.3 Å². The maximum Gasteiger partial charge on any atom is 0.333 e. The molecule has 0 bridgehead atoms. The molecule has 2 nitrogen and oxygen atoms in total. The maximum absolute atomic E-state index is 11.5. The van der Waals surface area contributed by atoms with Crippen LogP contribution in [0.4, 0.5) is 0 Å². The zero-order valence-corrected chi connectivity index (χ0v) is 13.8. The summed E-state index contributed by atoms with van der Waals surface area (Å²) in [6, 6.07) is 0. The fraction of sp³-hybridized carbons (Fsp3) is 0.722. The van der Waals surface area contributed by atoms with Crippen LogP contribution in [0.15, 0.2) is 23.8 Å². The fourth-order valence-electron chi connectivity index (χ4n) is 3.53. The zero-order chi connectivity index (χ0) is 15.3. The van der Waals surface area contributed by atoms with Crippen LogP contribution in [0.2, 0.25) is 0 Å². The second-order valence-corrected chi connectivity index (χ2v) is 6.97.